The van der Waals surface area contributed by atoms with Crippen LogP contribution in [-0.2, 0) is 11.2 Å². The van der Waals surface area contributed by atoms with E-state index in [1.54, 1.807) is 12.5 Å². The van der Waals surface area contributed by atoms with E-state index in [2.05, 4.69) is 15.0 Å². The molecule has 8 nitrogen and oxygen atoms in total. The molecule has 0 saturated heterocycles. The van der Waals surface area contributed by atoms with Crippen molar-refractivity contribution in [2.75, 3.05) is 0 Å². The first-order chi connectivity index (χ1) is 15.7. The molecule has 4 aromatic heterocycles. The normalized spacial score (nSPS) is 24.8. The van der Waals surface area contributed by atoms with Gasteiger partial charge in [-0.15, -0.1) is 0 Å². The molecular weight excluding hydrogens is 406 g/mol. The van der Waals surface area contributed by atoms with Crippen LogP contribution < -0.4 is 0 Å². The molecule has 162 valence electrons. The molecule has 2 N–H and O–H groups in total. The van der Waals surface area contributed by atoms with Gasteiger partial charge < -0.3 is 14.5 Å². The molecule has 2 atom stereocenters. The monoisotopic (exact) mass is 429 g/mol. The maximum absolute atomic E-state index is 12.1. The summed E-state index contributed by atoms with van der Waals surface area (Å²) in [4.78, 5) is 33.3. The fraction of sp³-hybridized carbons (Fsp3) is 0.375. The number of aliphatic carboxylic acids is 1. The van der Waals surface area contributed by atoms with Crippen LogP contribution in [0.1, 0.15) is 31.4 Å². The first kappa shape index (κ1) is 19.2. The van der Waals surface area contributed by atoms with Gasteiger partial charge >= 0.3 is 5.97 Å². The molecule has 0 radical (unpaired) electrons. The number of nitrogens with one attached hydrogen (secondary N) is 1. The van der Waals surface area contributed by atoms with Gasteiger partial charge in [0.15, 0.2) is 11.6 Å². The summed E-state index contributed by atoms with van der Waals surface area (Å²) in [5.41, 5.74) is 3.07. The third-order valence-electron chi connectivity index (χ3n) is 7.27. The molecule has 0 aliphatic heterocycles. The largest absolute Gasteiger partial charge is 0.481 e. The summed E-state index contributed by atoms with van der Waals surface area (Å²) in [6, 6.07) is 5.64. The van der Waals surface area contributed by atoms with Crippen LogP contribution in [0.5, 0.6) is 0 Å². The minimum atomic E-state index is -0.668. The molecule has 7 rings (SSSR count). The molecule has 0 spiro atoms. The summed E-state index contributed by atoms with van der Waals surface area (Å²) in [5, 5.41) is 10.8. The number of carboxylic acids is 1. The highest BCUT2D eigenvalue weighted by Gasteiger charge is 2.47. The second-order valence-electron chi connectivity index (χ2n) is 8.94. The number of aromatic amines is 1. The molecule has 2 unspecified atom stereocenters. The van der Waals surface area contributed by atoms with Crippen molar-refractivity contribution in [3.05, 3.63) is 48.9 Å². The van der Waals surface area contributed by atoms with Gasteiger partial charge in [-0.05, 0) is 68.1 Å². The van der Waals surface area contributed by atoms with Crippen molar-refractivity contribution >= 4 is 17.0 Å². The molecule has 3 saturated carbocycles. The summed E-state index contributed by atoms with van der Waals surface area (Å²) < 4.78 is 5.62. The van der Waals surface area contributed by atoms with Gasteiger partial charge in [-0.2, -0.15) is 0 Å². The van der Waals surface area contributed by atoms with E-state index in [9.17, 15) is 9.90 Å². The van der Waals surface area contributed by atoms with Crippen LogP contribution in [0, 0.1) is 23.7 Å². The Labute approximate surface area is 184 Å². The zero-order chi connectivity index (χ0) is 21.7. The summed E-state index contributed by atoms with van der Waals surface area (Å²) in [7, 11) is 0. The van der Waals surface area contributed by atoms with Gasteiger partial charge in [0.2, 0.25) is 0 Å². The molecule has 0 amide bonds. The summed E-state index contributed by atoms with van der Waals surface area (Å²) in [5.74, 6) is 1.06. The Kier molecular flexibility index (Phi) is 4.52. The Morgan fingerprint density at radius 2 is 2.03 bits per heavy atom. The number of fused-ring (bicyclic) bond motifs is 4. The van der Waals surface area contributed by atoms with Gasteiger partial charge in [-0.3, -0.25) is 4.79 Å². The van der Waals surface area contributed by atoms with Crippen molar-refractivity contribution in [2.45, 2.75) is 32.1 Å². The predicted octanol–water partition coefficient (Wildman–Crippen LogP) is 4.35. The Morgan fingerprint density at radius 3 is 2.81 bits per heavy atom. The average Bonchev–Trinajstić information content (AvgIpc) is 3.50. The smallest absolute Gasteiger partial charge is 0.307 e. The van der Waals surface area contributed by atoms with E-state index in [0.717, 1.165) is 48.0 Å². The van der Waals surface area contributed by atoms with Crippen LogP contribution >= 0.6 is 0 Å². The fourth-order valence-electron chi connectivity index (χ4n) is 5.81. The maximum atomic E-state index is 12.1. The van der Waals surface area contributed by atoms with Gasteiger partial charge in [-0.1, -0.05) is 0 Å². The van der Waals surface area contributed by atoms with E-state index in [1.165, 1.54) is 6.33 Å². The van der Waals surface area contributed by atoms with Crippen LogP contribution in [0.4, 0.5) is 0 Å². The highest BCUT2D eigenvalue weighted by Crippen LogP contribution is 2.50. The summed E-state index contributed by atoms with van der Waals surface area (Å²) in [6.07, 6.45) is 11.6. The number of H-pyrrole nitrogens is 1. The molecule has 4 aromatic rings. The molecule has 2 bridgehead atoms. The number of rotatable bonds is 5. The molecule has 8 heteroatoms. The third kappa shape index (κ3) is 3.18. The number of aromatic nitrogens is 5. The minimum Gasteiger partial charge on any atom is -0.481 e. The number of furan rings is 1. The lowest BCUT2D eigenvalue weighted by atomic mass is 9.57. The Morgan fingerprint density at radius 1 is 1.19 bits per heavy atom. The average molecular weight is 429 g/mol. The van der Waals surface area contributed by atoms with E-state index >= 15 is 0 Å². The molecule has 3 aliphatic carbocycles. The van der Waals surface area contributed by atoms with Crippen molar-refractivity contribution in [2.24, 2.45) is 23.7 Å². The summed E-state index contributed by atoms with van der Waals surface area (Å²) >= 11 is 0. The molecule has 3 aliphatic rings. The second-order valence-corrected chi connectivity index (χ2v) is 8.94. The topological polar surface area (TPSA) is 118 Å². The van der Waals surface area contributed by atoms with Crippen molar-refractivity contribution in [1.82, 2.24) is 24.9 Å². The van der Waals surface area contributed by atoms with Crippen molar-refractivity contribution in [1.29, 1.82) is 0 Å². The SMILES string of the molecule is O=C(O)C1C2CCC(CC2)C1Cc1cc(-c2ccco2)nc(-c2c[nH]c3ncncc23)n1. The van der Waals surface area contributed by atoms with E-state index < -0.39 is 5.97 Å². The van der Waals surface area contributed by atoms with Crippen molar-refractivity contribution in [3.8, 4) is 22.8 Å². The quantitative estimate of drug-likeness (QED) is 0.484. The van der Waals surface area contributed by atoms with Crippen LogP contribution in [0.15, 0.2) is 47.6 Å². The van der Waals surface area contributed by atoms with Gasteiger partial charge in [0.1, 0.15) is 17.7 Å². The van der Waals surface area contributed by atoms with Crippen molar-refractivity contribution < 1.29 is 14.3 Å². The van der Waals surface area contributed by atoms with Crippen LogP contribution in [0.2, 0.25) is 0 Å². The highest BCUT2D eigenvalue weighted by atomic mass is 16.4. The first-order valence-corrected chi connectivity index (χ1v) is 11.1. The molecule has 4 heterocycles. The summed E-state index contributed by atoms with van der Waals surface area (Å²) in [6.45, 7) is 0. The zero-order valence-corrected chi connectivity index (χ0v) is 17.4. The lowest BCUT2D eigenvalue weighted by Crippen LogP contribution is -2.45. The lowest BCUT2D eigenvalue weighted by Gasteiger charge is -2.46. The number of hydrogen-bond donors (Lipinski definition) is 2. The second kappa shape index (κ2) is 7.55. The number of carboxylic acid groups (broad SMARTS) is 1. The van der Waals surface area contributed by atoms with E-state index in [-0.39, 0.29) is 17.8 Å². The Bertz CT molecular complexity index is 1270. The van der Waals surface area contributed by atoms with Gasteiger partial charge in [0.05, 0.1) is 12.2 Å². The molecule has 0 aromatic carbocycles. The fourth-order valence-corrected chi connectivity index (χ4v) is 5.81. The van der Waals surface area contributed by atoms with E-state index in [0.29, 0.717) is 29.6 Å². The van der Waals surface area contributed by atoms with Crippen LogP contribution in [0.25, 0.3) is 33.9 Å². The minimum absolute atomic E-state index is 0.0958. The maximum Gasteiger partial charge on any atom is 0.307 e. The third-order valence-corrected chi connectivity index (χ3v) is 7.27. The van der Waals surface area contributed by atoms with E-state index in [1.807, 2.05) is 24.4 Å². The van der Waals surface area contributed by atoms with Crippen molar-refractivity contribution in [3.63, 3.8) is 0 Å². The number of nitrogens with zero attached hydrogens (tertiary/aromatic N) is 4. The van der Waals surface area contributed by atoms with Gasteiger partial charge in [0, 0.05) is 29.0 Å². The Balaban J connectivity index is 1.44. The first-order valence-electron chi connectivity index (χ1n) is 11.1. The number of carbonyl (C=O) groups is 1. The standard InChI is InChI=1S/C24H23N5O3/c30-24(31)21-14-5-3-13(4-6-14)16(21)8-15-9-19(20-2-1-7-32-20)29-23(28-15)18-11-26-22-17(18)10-25-12-27-22/h1-2,7,9-14,16,21H,3-6,8H2,(H,30,31)(H,25,26,27). The van der Waals surface area contributed by atoms with Gasteiger partial charge in [-0.25, -0.2) is 19.9 Å². The molecule has 32 heavy (non-hydrogen) atoms. The highest BCUT2D eigenvalue weighted by molar-refractivity contribution is 5.91. The van der Waals surface area contributed by atoms with Crippen LogP contribution in [-0.4, -0.2) is 36.0 Å². The van der Waals surface area contributed by atoms with E-state index in [4.69, 9.17) is 14.4 Å². The lowest BCUT2D eigenvalue weighted by molar-refractivity contribution is -0.152. The molecular formula is C24H23N5O3. The Hall–Kier alpha value is -3.55. The number of hydrogen-bond acceptors (Lipinski definition) is 6. The predicted molar refractivity (Wildman–Crippen MR) is 116 cm³/mol. The zero-order valence-electron chi connectivity index (χ0n) is 17.4. The molecule has 3 fully saturated rings. The van der Waals surface area contributed by atoms with Gasteiger partial charge in [0.25, 0.3) is 0 Å². The van der Waals surface area contributed by atoms with Crippen LogP contribution in [0.3, 0.4) is 0 Å².